The Morgan fingerprint density at radius 3 is 2.54 bits per heavy atom. The van der Waals surface area contributed by atoms with Crippen molar-refractivity contribution in [3.63, 3.8) is 0 Å². The van der Waals surface area contributed by atoms with Crippen molar-refractivity contribution in [2.75, 3.05) is 0 Å². The minimum Gasteiger partial charge on any atom is -0.294 e. The number of hydrogen-bond donors (Lipinski definition) is 0. The fourth-order valence-corrected chi connectivity index (χ4v) is 2.20. The van der Waals surface area contributed by atoms with E-state index in [2.05, 4.69) is 27.7 Å². The fourth-order valence-electron chi connectivity index (χ4n) is 2.20. The summed E-state index contributed by atoms with van der Waals surface area (Å²) in [5.41, 5.74) is 2.43. The summed E-state index contributed by atoms with van der Waals surface area (Å²) in [5, 5.41) is 0. The van der Waals surface area contributed by atoms with E-state index in [-0.39, 0.29) is 0 Å². The SMILES string of the molecule is CCC1=C(C)CCC(C(C)C)C1=O. The molecule has 1 unspecified atom stereocenters. The van der Waals surface area contributed by atoms with Crippen LogP contribution in [0.4, 0.5) is 0 Å². The summed E-state index contributed by atoms with van der Waals surface area (Å²) in [6.45, 7) is 8.49. The average Bonchev–Trinajstić information content (AvgIpc) is 2.04. The molecule has 0 heterocycles. The lowest BCUT2D eigenvalue weighted by Gasteiger charge is -2.26. The number of Topliss-reactive ketones (excluding diaryl/α,β-unsaturated/α-hetero) is 1. The van der Waals surface area contributed by atoms with Crippen LogP contribution in [0.1, 0.15) is 47.0 Å². The van der Waals surface area contributed by atoms with Gasteiger partial charge in [0.15, 0.2) is 5.78 Å². The van der Waals surface area contributed by atoms with E-state index in [1.165, 1.54) is 5.57 Å². The normalized spacial score (nSPS) is 24.4. The van der Waals surface area contributed by atoms with Crippen LogP contribution in [0.2, 0.25) is 0 Å². The molecule has 0 radical (unpaired) electrons. The van der Waals surface area contributed by atoms with Gasteiger partial charge in [0.25, 0.3) is 0 Å². The molecular weight excluding hydrogens is 160 g/mol. The average molecular weight is 180 g/mol. The van der Waals surface area contributed by atoms with E-state index in [1.54, 1.807) is 0 Å². The van der Waals surface area contributed by atoms with Crippen LogP contribution in [-0.2, 0) is 4.79 Å². The molecule has 0 N–H and O–H groups in total. The Morgan fingerprint density at radius 2 is 2.08 bits per heavy atom. The highest BCUT2D eigenvalue weighted by atomic mass is 16.1. The zero-order valence-corrected chi connectivity index (χ0v) is 9.18. The quantitative estimate of drug-likeness (QED) is 0.637. The van der Waals surface area contributed by atoms with Gasteiger partial charge in [0.1, 0.15) is 0 Å². The molecule has 1 aliphatic rings. The number of ketones is 1. The van der Waals surface area contributed by atoms with Gasteiger partial charge in [0.2, 0.25) is 0 Å². The van der Waals surface area contributed by atoms with Gasteiger partial charge in [0, 0.05) is 5.92 Å². The van der Waals surface area contributed by atoms with Crippen molar-refractivity contribution in [1.29, 1.82) is 0 Å². The molecule has 0 aromatic carbocycles. The van der Waals surface area contributed by atoms with Crippen LogP contribution in [0.3, 0.4) is 0 Å². The highest BCUT2D eigenvalue weighted by Crippen LogP contribution is 2.32. The maximum atomic E-state index is 12.0. The Morgan fingerprint density at radius 1 is 1.46 bits per heavy atom. The highest BCUT2D eigenvalue weighted by molar-refractivity contribution is 5.98. The lowest BCUT2D eigenvalue weighted by atomic mass is 9.77. The van der Waals surface area contributed by atoms with Crippen LogP contribution in [0.25, 0.3) is 0 Å². The first kappa shape index (κ1) is 10.5. The third-order valence-corrected chi connectivity index (χ3v) is 3.14. The maximum absolute atomic E-state index is 12.0. The monoisotopic (exact) mass is 180 g/mol. The summed E-state index contributed by atoms with van der Waals surface area (Å²) in [7, 11) is 0. The van der Waals surface area contributed by atoms with E-state index in [0.717, 1.165) is 24.8 Å². The molecule has 0 saturated heterocycles. The van der Waals surface area contributed by atoms with Crippen molar-refractivity contribution >= 4 is 5.78 Å². The third kappa shape index (κ3) is 2.01. The summed E-state index contributed by atoms with van der Waals surface area (Å²) in [6.07, 6.45) is 3.09. The number of hydrogen-bond acceptors (Lipinski definition) is 1. The summed E-state index contributed by atoms with van der Waals surface area (Å²) in [6, 6.07) is 0. The van der Waals surface area contributed by atoms with Gasteiger partial charge in [-0.3, -0.25) is 4.79 Å². The van der Waals surface area contributed by atoms with Gasteiger partial charge in [0.05, 0.1) is 0 Å². The second-order valence-corrected chi connectivity index (χ2v) is 4.37. The molecule has 74 valence electrons. The number of carbonyl (C=O) groups excluding carboxylic acids is 1. The molecule has 0 aromatic rings. The second-order valence-electron chi connectivity index (χ2n) is 4.37. The Bertz CT molecular complexity index is 236. The van der Waals surface area contributed by atoms with Gasteiger partial charge in [-0.25, -0.2) is 0 Å². The van der Waals surface area contributed by atoms with Crippen molar-refractivity contribution in [1.82, 2.24) is 0 Å². The molecule has 1 nitrogen and oxygen atoms in total. The van der Waals surface area contributed by atoms with Crippen LogP contribution in [0, 0.1) is 11.8 Å². The molecule has 0 saturated carbocycles. The van der Waals surface area contributed by atoms with Crippen molar-refractivity contribution in [3.8, 4) is 0 Å². The van der Waals surface area contributed by atoms with E-state index < -0.39 is 0 Å². The lowest BCUT2D eigenvalue weighted by Crippen LogP contribution is -2.26. The topological polar surface area (TPSA) is 17.1 Å². The molecule has 0 aromatic heterocycles. The number of carbonyl (C=O) groups is 1. The minimum absolute atomic E-state index is 0.290. The van der Waals surface area contributed by atoms with E-state index in [4.69, 9.17) is 0 Å². The molecule has 0 spiro atoms. The Hall–Kier alpha value is -0.590. The van der Waals surface area contributed by atoms with Crippen LogP contribution in [0.5, 0.6) is 0 Å². The molecular formula is C12H20O. The third-order valence-electron chi connectivity index (χ3n) is 3.14. The maximum Gasteiger partial charge on any atom is 0.162 e. The van der Waals surface area contributed by atoms with Crippen molar-refractivity contribution in [2.24, 2.45) is 11.8 Å². The van der Waals surface area contributed by atoms with E-state index in [9.17, 15) is 4.79 Å². The summed E-state index contributed by atoms with van der Waals surface area (Å²) >= 11 is 0. The molecule has 1 atom stereocenters. The van der Waals surface area contributed by atoms with Gasteiger partial charge in [-0.15, -0.1) is 0 Å². The largest absolute Gasteiger partial charge is 0.294 e. The minimum atomic E-state index is 0.290. The fraction of sp³-hybridized carbons (Fsp3) is 0.750. The van der Waals surface area contributed by atoms with E-state index >= 15 is 0 Å². The molecule has 0 aliphatic heterocycles. The van der Waals surface area contributed by atoms with Crippen LogP contribution < -0.4 is 0 Å². The Labute approximate surface area is 81.2 Å². The first-order valence-electron chi connectivity index (χ1n) is 5.30. The van der Waals surface area contributed by atoms with Gasteiger partial charge < -0.3 is 0 Å². The van der Waals surface area contributed by atoms with Crippen molar-refractivity contribution in [2.45, 2.75) is 47.0 Å². The van der Waals surface area contributed by atoms with Gasteiger partial charge in [-0.2, -0.15) is 0 Å². The first-order chi connectivity index (χ1) is 6.07. The van der Waals surface area contributed by atoms with E-state index in [1.807, 2.05) is 0 Å². The van der Waals surface area contributed by atoms with E-state index in [0.29, 0.717) is 17.6 Å². The second kappa shape index (κ2) is 4.08. The number of allylic oxidation sites excluding steroid dienone is 2. The molecule has 1 rings (SSSR count). The van der Waals surface area contributed by atoms with Crippen molar-refractivity contribution in [3.05, 3.63) is 11.1 Å². The first-order valence-corrected chi connectivity index (χ1v) is 5.30. The zero-order chi connectivity index (χ0) is 10.0. The molecule has 1 aliphatic carbocycles. The summed E-state index contributed by atoms with van der Waals surface area (Å²) < 4.78 is 0. The predicted molar refractivity (Wildman–Crippen MR) is 55.6 cm³/mol. The van der Waals surface area contributed by atoms with Crippen molar-refractivity contribution < 1.29 is 4.79 Å². The molecule has 0 amide bonds. The van der Waals surface area contributed by atoms with Crippen LogP contribution >= 0.6 is 0 Å². The van der Waals surface area contributed by atoms with Gasteiger partial charge in [-0.1, -0.05) is 26.3 Å². The summed E-state index contributed by atoms with van der Waals surface area (Å²) in [5.74, 6) is 1.21. The Kier molecular flexibility index (Phi) is 3.29. The molecule has 1 heteroatoms. The lowest BCUT2D eigenvalue weighted by molar-refractivity contribution is -0.121. The zero-order valence-electron chi connectivity index (χ0n) is 9.18. The molecule has 0 bridgehead atoms. The smallest absolute Gasteiger partial charge is 0.162 e. The highest BCUT2D eigenvalue weighted by Gasteiger charge is 2.28. The Balaban J connectivity index is 2.88. The molecule has 13 heavy (non-hydrogen) atoms. The molecule has 0 fully saturated rings. The van der Waals surface area contributed by atoms with Gasteiger partial charge >= 0.3 is 0 Å². The standard InChI is InChI=1S/C12H20O/c1-5-10-9(4)6-7-11(8(2)3)12(10)13/h8,11H,5-7H2,1-4H3. The van der Waals surface area contributed by atoms with Crippen LogP contribution in [-0.4, -0.2) is 5.78 Å². The summed E-state index contributed by atoms with van der Waals surface area (Å²) in [4.78, 5) is 12.0. The van der Waals surface area contributed by atoms with Crippen LogP contribution in [0.15, 0.2) is 11.1 Å². The van der Waals surface area contributed by atoms with Gasteiger partial charge in [-0.05, 0) is 37.7 Å². The number of rotatable bonds is 2. The predicted octanol–water partition coefficient (Wildman–Crippen LogP) is 3.35.